The van der Waals surface area contributed by atoms with E-state index in [1.165, 1.54) is 0 Å². The van der Waals surface area contributed by atoms with Crippen LogP contribution in [-0.2, 0) is 4.79 Å². The zero-order chi connectivity index (χ0) is 8.85. The third-order valence-electron chi connectivity index (χ3n) is 1.25. The van der Waals surface area contributed by atoms with Crippen LogP contribution in [0.5, 0.6) is 0 Å². The van der Waals surface area contributed by atoms with E-state index in [4.69, 9.17) is 10.8 Å². The van der Waals surface area contributed by atoms with Crippen molar-refractivity contribution in [3.63, 3.8) is 0 Å². The molecule has 0 saturated carbocycles. The summed E-state index contributed by atoms with van der Waals surface area (Å²) >= 11 is 0. The number of carboxylic acid groups (broad SMARTS) is 1. The number of hydrogen-bond donors (Lipinski definition) is 2. The van der Waals surface area contributed by atoms with Gasteiger partial charge in [-0.05, 0) is 12.8 Å². The normalized spacial score (nSPS) is 13.5. The molecule has 0 heterocycles. The molecule has 0 aliphatic carbocycles. The standard InChI is InChI=1S/C6H11F2NO2/c7-5(8)3-1-2-4(9)6(10)11/h4-5H,1-3,9H2,(H,10,11). The predicted molar refractivity (Wildman–Crippen MR) is 35.5 cm³/mol. The number of alkyl halides is 2. The molecule has 0 aliphatic heterocycles. The van der Waals surface area contributed by atoms with Gasteiger partial charge in [-0.1, -0.05) is 0 Å². The maximum Gasteiger partial charge on any atom is 0.320 e. The fourth-order valence-corrected chi connectivity index (χ4v) is 0.616. The van der Waals surface area contributed by atoms with Crippen LogP contribution in [0, 0.1) is 0 Å². The van der Waals surface area contributed by atoms with Crippen LogP contribution in [0.1, 0.15) is 19.3 Å². The second kappa shape index (κ2) is 5.01. The Bertz CT molecular complexity index is 130. The fraction of sp³-hybridized carbons (Fsp3) is 0.833. The summed E-state index contributed by atoms with van der Waals surface area (Å²) in [7, 11) is 0. The molecule has 66 valence electrons. The van der Waals surface area contributed by atoms with Crippen LogP contribution in [0.15, 0.2) is 0 Å². The van der Waals surface area contributed by atoms with Gasteiger partial charge in [0.25, 0.3) is 0 Å². The quantitative estimate of drug-likeness (QED) is 0.637. The summed E-state index contributed by atoms with van der Waals surface area (Å²) in [6.07, 6.45) is -2.37. The largest absolute Gasteiger partial charge is 0.480 e. The molecule has 0 bridgehead atoms. The van der Waals surface area contributed by atoms with Crippen LogP contribution >= 0.6 is 0 Å². The molecule has 1 atom stereocenters. The van der Waals surface area contributed by atoms with Gasteiger partial charge in [-0.15, -0.1) is 0 Å². The minimum Gasteiger partial charge on any atom is -0.480 e. The van der Waals surface area contributed by atoms with Crippen molar-refractivity contribution in [1.82, 2.24) is 0 Å². The summed E-state index contributed by atoms with van der Waals surface area (Å²) in [4.78, 5) is 10.1. The molecule has 0 saturated heterocycles. The SMILES string of the molecule is NC(CCCC(F)F)C(=O)O. The first-order valence-corrected chi connectivity index (χ1v) is 3.30. The topological polar surface area (TPSA) is 63.3 Å². The van der Waals surface area contributed by atoms with Crippen molar-refractivity contribution in [3.05, 3.63) is 0 Å². The lowest BCUT2D eigenvalue weighted by Crippen LogP contribution is -2.29. The van der Waals surface area contributed by atoms with E-state index in [-0.39, 0.29) is 19.3 Å². The number of carboxylic acids is 1. The number of nitrogens with two attached hydrogens (primary N) is 1. The van der Waals surface area contributed by atoms with Crippen LogP contribution in [0.4, 0.5) is 8.78 Å². The van der Waals surface area contributed by atoms with Crippen molar-refractivity contribution in [2.24, 2.45) is 5.73 Å². The molecule has 11 heavy (non-hydrogen) atoms. The second-order valence-corrected chi connectivity index (χ2v) is 2.27. The number of rotatable bonds is 5. The number of carbonyl (C=O) groups is 1. The van der Waals surface area contributed by atoms with E-state index >= 15 is 0 Å². The highest BCUT2D eigenvalue weighted by Crippen LogP contribution is 2.06. The predicted octanol–water partition coefficient (Wildman–Crippen LogP) is 0.834. The van der Waals surface area contributed by atoms with Crippen LogP contribution in [-0.4, -0.2) is 23.5 Å². The van der Waals surface area contributed by atoms with Gasteiger partial charge < -0.3 is 10.8 Å². The van der Waals surface area contributed by atoms with Gasteiger partial charge in [0.2, 0.25) is 6.43 Å². The number of halogens is 2. The van der Waals surface area contributed by atoms with E-state index in [0.29, 0.717) is 0 Å². The maximum atomic E-state index is 11.5. The Kier molecular flexibility index (Phi) is 4.69. The Labute approximate surface area is 63.2 Å². The molecule has 0 aromatic rings. The van der Waals surface area contributed by atoms with Crippen LogP contribution in [0.3, 0.4) is 0 Å². The highest BCUT2D eigenvalue weighted by molar-refractivity contribution is 5.72. The fourth-order valence-electron chi connectivity index (χ4n) is 0.616. The van der Waals surface area contributed by atoms with Crippen LogP contribution in [0.25, 0.3) is 0 Å². The summed E-state index contributed by atoms with van der Waals surface area (Å²) in [5.41, 5.74) is 5.06. The average molecular weight is 167 g/mol. The first-order chi connectivity index (χ1) is 5.04. The molecule has 0 fully saturated rings. The van der Waals surface area contributed by atoms with Gasteiger partial charge >= 0.3 is 5.97 Å². The maximum absolute atomic E-state index is 11.5. The molecule has 0 radical (unpaired) electrons. The first-order valence-electron chi connectivity index (χ1n) is 3.30. The highest BCUT2D eigenvalue weighted by Gasteiger charge is 2.11. The van der Waals surface area contributed by atoms with E-state index in [1.807, 2.05) is 0 Å². The highest BCUT2D eigenvalue weighted by atomic mass is 19.3. The van der Waals surface area contributed by atoms with Crippen molar-refractivity contribution in [1.29, 1.82) is 0 Å². The van der Waals surface area contributed by atoms with Gasteiger partial charge in [0.05, 0.1) is 0 Å². The molecule has 0 aromatic heterocycles. The van der Waals surface area contributed by atoms with E-state index in [1.54, 1.807) is 0 Å². The van der Waals surface area contributed by atoms with Gasteiger partial charge in [0, 0.05) is 6.42 Å². The molecule has 1 unspecified atom stereocenters. The van der Waals surface area contributed by atoms with Crippen molar-refractivity contribution < 1.29 is 18.7 Å². The molecule has 0 rings (SSSR count). The molecule has 3 nitrogen and oxygen atoms in total. The average Bonchev–Trinajstić information content (AvgIpc) is 1.86. The summed E-state index contributed by atoms with van der Waals surface area (Å²) in [6.45, 7) is 0. The van der Waals surface area contributed by atoms with Crippen molar-refractivity contribution >= 4 is 5.97 Å². The second-order valence-electron chi connectivity index (χ2n) is 2.27. The lowest BCUT2D eigenvalue weighted by molar-refractivity contribution is -0.138. The van der Waals surface area contributed by atoms with Crippen molar-refractivity contribution in [2.45, 2.75) is 31.7 Å². The van der Waals surface area contributed by atoms with Gasteiger partial charge in [0.1, 0.15) is 6.04 Å². The summed E-state index contributed by atoms with van der Waals surface area (Å²) < 4.78 is 23.0. The Morgan fingerprint density at radius 1 is 1.45 bits per heavy atom. The molecule has 0 aliphatic rings. The zero-order valence-electron chi connectivity index (χ0n) is 5.96. The lowest BCUT2D eigenvalue weighted by atomic mass is 10.1. The van der Waals surface area contributed by atoms with E-state index in [2.05, 4.69) is 0 Å². The Morgan fingerprint density at radius 3 is 2.36 bits per heavy atom. The lowest BCUT2D eigenvalue weighted by Gasteiger charge is -2.04. The molecular formula is C6H11F2NO2. The molecule has 3 N–H and O–H groups in total. The first kappa shape index (κ1) is 10.3. The molecule has 0 amide bonds. The van der Waals surface area contributed by atoms with E-state index in [9.17, 15) is 13.6 Å². The summed E-state index contributed by atoms with van der Waals surface area (Å²) in [6, 6.07) is -1.01. The Hall–Kier alpha value is -0.710. The molecule has 0 spiro atoms. The van der Waals surface area contributed by atoms with Crippen molar-refractivity contribution in [3.8, 4) is 0 Å². The van der Waals surface area contributed by atoms with E-state index in [0.717, 1.165) is 0 Å². The van der Waals surface area contributed by atoms with Crippen molar-refractivity contribution in [2.75, 3.05) is 0 Å². The van der Waals surface area contributed by atoms with E-state index < -0.39 is 18.4 Å². The summed E-state index contributed by atoms with van der Waals surface area (Å²) in [5, 5.41) is 8.23. The Balaban J connectivity index is 3.31. The third kappa shape index (κ3) is 5.72. The van der Waals surface area contributed by atoms with Gasteiger partial charge in [-0.2, -0.15) is 0 Å². The number of aliphatic carboxylic acids is 1. The smallest absolute Gasteiger partial charge is 0.320 e. The van der Waals surface area contributed by atoms with Crippen LogP contribution < -0.4 is 5.73 Å². The number of hydrogen-bond acceptors (Lipinski definition) is 2. The van der Waals surface area contributed by atoms with Gasteiger partial charge in [-0.3, -0.25) is 4.79 Å². The minimum absolute atomic E-state index is 0.111. The molecular weight excluding hydrogens is 156 g/mol. The van der Waals surface area contributed by atoms with Crippen LogP contribution in [0.2, 0.25) is 0 Å². The third-order valence-corrected chi connectivity index (χ3v) is 1.25. The Morgan fingerprint density at radius 2 is 2.00 bits per heavy atom. The van der Waals surface area contributed by atoms with Gasteiger partial charge in [-0.25, -0.2) is 8.78 Å². The minimum atomic E-state index is -2.36. The molecule has 0 aromatic carbocycles. The monoisotopic (exact) mass is 167 g/mol. The van der Waals surface area contributed by atoms with Gasteiger partial charge in [0.15, 0.2) is 0 Å². The molecule has 5 heteroatoms. The zero-order valence-corrected chi connectivity index (χ0v) is 5.96. The summed E-state index contributed by atoms with van der Waals surface area (Å²) in [5.74, 6) is -1.14.